The minimum absolute atomic E-state index is 0.0725. The van der Waals surface area contributed by atoms with Crippen LogP contribution in [0.25, 0.3) is 0 Å². The maximum Gasteiger partial charge on any atom is 0.387 e. The second kappa shape index (κ2) is 6.17. The Morgan fingerprint density at radius 3 is 2.38 bits per heavy atom. The molecule has 2 N–H and O–H groups in total. The molecule has 110 valence electrons. The quantitative estimate of drug-likeness (QED) is 0.909. The molecule has 0 aliphatic carbocycles. The number of anilines is 1. The summed E-state index contributed by atoms with van der Waals surface area (Å²) in [4.78, 5) is 11.9. The lowest BCUT2D eigenvalue weighted by Crippen LogP contribution is -2.14. The summed E-state index contributed by atoms with van der Waals surface area (Å²) in [5.74, 6) is -2.29. The Labute approximate surface area is 117 Å². The van der Waals surface area contributed by atoms with E-state index in [0.717, 1.165) is 6.07 Å². The Bertz CT molecular complexity index is 624. The lowest BCUT2D eigenvalue weighted by molar-refractivity contribution is -0.0498. The van der Waals surface area contributed by atoms with Crippen LogP contribution in [0.3, 0.4) is 0 Å². The molecule has 2 rings (SSSR count). The molecule has 4 nitrogen and oxygen atoms in total. The number of hydrogen-bond acceptors (Lipinski definition) is 3. The van der Waals surface area contributed by atoms with Crippen LogP contribution >= 0.6 is 0 Å². The zero-order valence-corrected chi connectivity index (χ0v) is 10.5. The molecule has 0 saturated heterocycles. The average Bonchev–Trinajstić information content (AvgIpc) is 2.40. The Balaban J connectivity index is 2.13. The minimum Gasteiger partial charge on any atom is -0.507 e. The van der Waals surface area contributed by atoms with Gasteiger partial charge in [0.1, 0.15) is 22.9 Å². The first-order valence-corrected chi connectivity index (χ1v) is 5.81. The van der Waals surface area contributed by atoms with Gasteiger partial charge in [0.05, 0.1) is 0 Å². The van der Waals surface area contributed by atoms with Crippen LogP contribution in [0.5, 0.6) is 11.5 Å². The number of carbonyl (C=O) groups is 1. The molecule has 0 fully saturated rings. The minimum atomic E-state index is -2.94. The predicted molar refractivity (Wildman–Crippen MR) is 69.1 cm³/mol. The first-order valence-electron chi connectivity index (χ1n) is 5.81. The van der Waals surface area contributed by atoms with Crippen molar-refractivity contribution in [2.45, 2.75) is 6.61 Å². The maximum absolute atomic E-state index is 13.5. The molecule has 7 heteroatoms. The van der Waals surface area contributed by atoms with Crippen molar-refractivity contribution in [1.29, 1.82) is 0 Å². The molecule has 2 aromatic rings. The second-order valence-corrected chi connectivity index (χ2v) is 3.99. The number of hydrogen-bond donors (Lipinski definition) is 2. The van der Waals surface area contributed by atoms with Gasteiger partial charge in [-0.1, -0.05) is 6.07 Å². The van der Waals surface area contributed by atoms with Crippen molar-refractivity contribution in [3.05, 3.63) is 53.8 Å². The highest BCUT2D eigenvalue weighted by atomic mass is 19.3. The number of phenolic OH excluding ortho intramolecular Hbond substituents is 1. The topological polar surface area (TPSA) is 58.6 Å². The first kappa shape index (κ1) is 14.7. The fraction of sp³-hybridized carbons (Fsp3) is 0.0714. The molecule has 0 aliphatic heterocycles. The van der Waals surface area contributed by atoms with Crippen LogP contribution in [0, 0.1) is 5.82 Å². The van der Waals surface area contributed by atoms with Crippen LogP contribution in [-0.2, 0) is 0 Å². The van der Waals surface area contributed by atoms with Crippen molar-refractivity contribution in [2.24, 2.45) is 0 Å². The van der Waals surface area contributed by atoms with Crippen molar-refractivity contribution in [3.63, 3.8) is 0 Å². The Kier molecular flexibility index (Phi) is 4.32. The van der Waals surface area contributed by atoms with Crippen LogP contribution in [-0.4, -0.2) is 17.6 Å². The van der Waals surface area contributed by atoms with Gasteiger partial charge in [0.2, 0.25) is 0 Å². The van der Waals surface area contributed by atoms with E-state index in [0.29, 0.717) is 0 Å². The van der Waals surface area contributed by atoms with Crippen LogP contribution in [0.1, 0.15) is 10.4 Å². The summed E-state index contributed by atoms with van der Waals surface area (Å²) in [5.41, 5.74) is -0.255. The van der Waals surface area contributed by atoms with Gasteiger partial charge >= 0.3 is 6.61 Å². The molecule has 0 saturated carbocycles. The first-order chi connectivity index (χ1) is 9.97. The van der Waals surface area contributed by atoms with E-state index in [2.05, 4.69) is 10.1 Å². The molecule has 0 unspecified atom stereocenters. The third kappa shape index (κ3) is 3.65. The number of benzene rings is 2. The van der Waals surface area contributed by atoms with Gasteiger partial charge in [-0.25, -0.2) is 4.39 Å². The molecule has 1 amide bonds. The number of phenols is 1. The number of ether oxygens (including phenoxy) is 1. The van der Waals surface area contributed by atoms with E-state index in [9.17, 15) is 23.1 Å². The lowest BCUT2D eigenvalue weighted by Gasteiger charge is -2.09. The summed E-state index contributed by atoms with van der Waals surface area (Å²) in [7, 11) is 0. The molecule has 0 heterocycles. The second-order valence-electron chi connectivity index (χ2n) is 3.99. The normalized spacial score (nSPS) is 10.5. The van der Waals surface area contributed by atoms with E-state index < -0.39 is 29.6 Å². The Morgan fingerprint density at radius 1 is 1.14 bits per heavy atom. The molecule has 0 aromatic heterocycles. The zero-order chi connectivity index (χ0) is 15.4. The summed E-state index contributed by atoms with van der Waals surface area (Å²) in [6.07, 6.45) is 0. The van der Waals surface area contributed by atoms with Crippen LogP contribution in [0.4, 0.5) is 18.9 Å². The molecule has 21 heavy (non-hydrogen) atoms. The highest BCUT2D eigenvalue weighted by Gasteiger charge is 2.16. The molecule has 2 aromatic carbocycles. The number of alkyl halides is 2. The average molecular weight is 297 g/mol. The van der Waals surface area contributed by atoms with Crippen LogP contribution in [0.15, 0.2) is 42.5 Å². The summed E-state index contributed by atoms with van der Waals surface area (Å²) >= 11 is 0. The largest absolute Gasteiger partial charge is 0.507 e. The zero-order valence-electron chi connectivity index (χ0n) is 10.5. The summed E-state index contributed by atoms with van der Waals surface area (Å²) < 4.78 is 41.6. The predicted octanol–water partition coefficient (Wildman–Crippen LogP) is 3.39. The van der Waals surface area contributed by atoms with E-state index in [1.54, 1.807) is 0 Å². The fourth-order valence-corrected chi connectivity index (χ4v) is 1.65. The molecular weight excluding hydrogens is 287 g/mol. The van der Waals surface area contributed by atoms with Crippen molar-refractivity contribution in [3.8, 4) is 11.5 Å². The number of carbonyl (C=O) groups excluding carboxylic acids is 1. The standard InChI is InChI=1S/C14H10F3NO3/c15-10-2-1-3-11(19)12(10)13(20)18-8-4-6-9(7-5-8)21-14(16)17/h1-7,14,19H,(H,18,20). The maximum atomic E-state index is 13.5. The van der Waals surface area contributed by atoms with Gasteiger partial charge < -0.3 is 15.2 Å². The van der Waals surface area contributed by atoms with E-state index in [-0.39, 0.29) is 11.4 Å². The van der Waals surface area contributed by atoms with E-state index in [1.165, 1.54) is 36.4 Å². The van der Waals surface area contributed by atoms with E-state index in [4.69, 9.17) is 0 Å². The Morgan fingerprint density at radius 2 is 1.81 bits per heavy atom. The van der Waals surface area contributed by atoms with E-state index >= 15 is 0 Å². The van der Waals surface area contributed by atoms with Crippen molar-refractivity contribution in [2.75, 3.05) is 5.32 Å². The van der Waals surface area contributed by atoms with E-state index in [1.807, 2.05) is 0 Å². The highest BCUT2D eigenvalue weighted by molar-refractivity contribution is 6.06. The third-order valence-corrected chi connectivity index (χ3v) is 2.56. The van der Waals surface area contributed by atoms with Gasteiger partial charge in [-0.05, 0) is 36.4 Å². The van der Waals surface area contributed by atoms with Crippen molar-refractivity contribution < 1.29 is 27.8 Å². The van der Waals surface area contributed by atoms with Gasteiger partial charge in [-0.3, -0.25) is 4.79 Å². The number of rotatable bonds is 4. The van der Waals surface area contributed by atoms with Crippen molar-refractivity contribution >= 4 is 11.6 Å². The molecule has 0 spiro atoms. The van der Waals surface area contributed by atoms with Gasteiger partial charge in [-0.15, -0.1) is 0 Å². The molecule has 0 atom stereocenters. The smallest absolute Gasteiger partial charge is 0.387 e. The lowest BCUT2D eigenvalue weighted by atomic mass is 10.1. The monoisotopic (exact) mass is 297 g/mol. The number of amides is 1. The number of halogens is 3. The van der Waals surface area contributed by atoms with Crippen molar-refractivity contribution in [1.82, 2.24) is 0 Å². The molecule has 0 radical (unpaired) electrons. The third-order valence-electron chi connectivity index (χ3n) is 2.56. The highest BCUT2D eigenvalue weighted by Crippen LogP contribution is 2.22. The summed E-state index contributed by atoms with van der Waals surface area (Å²) in [6, 6.07) is 8.55. The summed E-state index contributed by atoms with van der Waals surface area (Å²) in [6.45, 7) is -2.94. The van der Waals surface area contributed by atoms with Crippen LogP contribution < -0.4 is 10.1 Å². The molecule has 0 bridgehead atoms. The Hall–Kier alpha value is -2.70. The fourth-order valence-electron chi connectivity index (χ4n) is 1.65. The molecule has 0 aliphatic rings. The van der Waals surface area contributed by atoms with Gasteiger partial charge in [-0.2, -0.15) is 8.78 Å². The van der Waals surface area contributed by atoms with Crippen LogP contribution in [0.2, 0.25) is 0 Å². The number of aromatic hydroxyl groups is 1. The number of nitrogens with one attached hydrogen (secondary N) is 1. The van der Waals surface area contributed by atoms with Gasteiger partial charge in [0.15, 0.2) is 0 Å². The van der Waals surface area contributed by atoms with Gasteiger partial charge in [0.25, 0.3) is 5.91 Å². The molecular formula is C14H10F3NO3. The summed E-state index contributed by atoms with van der Waals surface area (Å²) in [5, 5.41) is 11.8. The van der Waals surface area contributed by atoms with Gasteiger partial charge in [0, 0.05) is 5.69 Å². The SMILES string of the molecule is O=C(Nc1ccc(OC(F)F)cc1)c1c(O)cccc1F.